The van der Waals surface area contributed by atoms with E-state index in [0.29, 0.717) is 6.54 Å². The molecule has 23 heavy (non-hydrogen) atoms. The lowest BCUT2D eigenvalue weighted by Gasteiger charge is -2.07. The average molecular weight is 318 g/mol. The second kappa shape index (κ2) is 7.49. The summed E-state index contributed by atoms with van der Waals surface area (Å²) in [7, 11) is 0. The van der Waals surface area contributed by atoms with Gasteiger partial charge in [-0.1, -0.05) is 29.8 Å². The van der Waals surface area contributed by atoms with Gasteiger partial charge in [-0.15, -0.1) is 0 Å². The van der Waals surface area contributed by atoms with Crippen LogP contribution in [0.1, 0.15) is 17.5 Å². The van der Waals surface area contributed by atoms with Crippen LogP contribution in [0.5, 0.6) is 0 Å². The highest BCUT2D eigenvalue weighted by Gasteiger charge is 2.11. The zero-order valence-electron chi connectivity index (χ0n) is 12.5. The molecule has 0 saturated carbocycles. The highest BCUT2D eigenvalue weighted by atomic mass is 19.2. The van der Waals surface area contributed by atoms with Gasteiger partial charge in [0.2, 0.25) is 11.8 Å². The van der Waals surface area contributed by atoms with Crippen molar-refractivity contribution in [3.05, 3.63) is 65.2 Å². The first kappa shape index (κ1) is 16.6. The van der Waals surface area contributed by atoms with Gasteiger partial charge in [0, 0.05) is 18.3 Å². The van der Waals surface area contributed by atoms with Crippen molar-refractivity contribution in [2.45, 2.75) is 19.9 Å². The number of benzene rings is 2. The highest BCUT2D eigenvalue weighted by Crippen LogP contribution is 2.13. The Kier molecular flexibility index (Phi) is 5.41. The molecule has 0 saturated heterocycles. The van der Waals surface area contributed by atoms with Gasteiger partial charge >= 0.3 is 0 Å². The van der Waals surface area contributed by atoms with Gasteiger partial charge < -0.3 is 10.6 Å². The Bertz CT molecular complexity index is 732. The number of carbonyl (C=O) groups is 2. The van der Waals surface area contributed by atoms with Crippen molar-refractivity contribution in [2.24, 2.45) is 0 Å². The number of aryl methyl sites for hydroxylation is 1. The number of rotatable bonds is 5. The molecule has 0 unspecified atom stereocenters. The van der Waals surface area contributed by atoms with Crippen LogP contribution in [0, 0.1) is 18.6 Å². The average Bonchev–Trinajstić information content (AvgIpc) is 2.49. The monoisotopic (exact) mass is 318 g/mol. The SMILES string of the molecule is Cc1cccc(CNC(=O)CC(=O)Nc2ccc(F)c(F)c2)c1. The Labute approximate surface area is 132 Å². The second-order valence-corrected chi connectivity index (χ2v) is 5.12. The highest BCUT2D eigenvalue weighted by molar-refractivity contribution is 6.03. The van der Waals surface area contributed by atoms with E-state index in [1.165, 1.54) is 6.07 Å². The molecule has 4 nitrogen and oxygen atoms in total. The van der Waals surface area contributed by atoms with Gasteiger partial charge in [-0.25, -0.2) is 8.78 Å². The van der Waals surface area contributed by atoms with Crippen LogP contribution in [0.25, 0.3) is 0 Å². The summed E-state index contributed by atoms with van der Waals surface area (Å²) >= 11 is 0. The van der Waals surface area contributed by atoms with Crippen molar-refractivity contribution in [3.8, 4) is 0 Å². The zero-order chi connectivity index (χ0) is 16.8. The Balaban J connectivity index is 1.82. The van der Waals surface area contributed by atoms with Crippen LogP contribution < -0.4 is 10.6 Å². The number of amides is 2. The molecule has 2 aromatic carbocycles. The van der Waals surface area contributed by atoms with Crippen LogP contribution in [0.2, 0.25) is 0 Å². The minimum absolute atomic E-state index is 0.0976. The molecule has 120 valence electrons. The van der Waals surface area contributed by atoms with E-state index in [1.807, 2.05) is 31.2 Å². The van der Waals surface area contributed by atoms with Crippen molar-refractivity contribution in [1.29, 1.82) is 0 Å². The number of halogens is 2. The summed E-state index contributed by atoms with van der Waals surface area (Å²) in [6.07, 6.45) is -0.398. The number of anilines is 1. The van der Waals surface area contributed by atoms with Gasteiger partial charge in [-0.3, -0.25) is 9.59 Å². The number of nitrogens with one attached hydrogen (secondary N) is 2. The molecule has 2 N–H and O–H groups in total. The van der Waals surface area contributed by atoms with Crippen LogP contribution >= 0.6 is 0 Å². The molecule has 0 heterocycles. The number of hydrogen-bond donors (Lipinski definition) is 2. The fraction of sp³-hybridized carbons (Fsp3) is 0.176. The Hall–Kier alpha value is -2.76. The van der Waals surface area contributed by atoms with Crippen molar-refractivity contribution in [2.75, 3.05) is 5.32 Å². The molecule has 6 heteroatoms. The van der Waals surface area contributed by atoms with Crippen LogP contribution in [-0.4, -0.2) is 11.8 Å². The van der Waals surface area contributed by atoms with Crippen molar-refractivity contribution >= 4 is 17.5 Å². The predicted octanol–water partition coefficient (Wildman–Crippen LogP) is 2.92. The summed E-state index contributed by atoms with van der Waals surface area (Å²) in [5, 5.41) is 4.97. The first-order valence-corrected chi connectivity index (χ1v) is 7.01. The van der Waals surface area contributed by atoms with Crippen LogP contribution in [0.4, 0.5) is 14.5 Å². The summed E-state index contributed by atoms with van der Waals surface area (Å²) in [5.74, 6) is -3.12. The topological polar surface area (TPSA) is 58.2 Å². The quantitative estimate of drug-likeness (QED) is 0.833. The minimum Gasteiger partial charge on any atom is -0.352 e. The molecule has 0 radical (unpaired) electrons. The van der Waals surface area contributed by atoms with E-state index in [1.54, 1.807) is 0 Å². The van der Waals surface area contributed by atoms with Gasteiger partial charge in [-0.05, 0) is 24.6 Å². The Morgan fingerprint density at radius 3 is 2.48 bits per heavy atom. The molecule has 2 aromatic rings. The molecule has 2 rings (SSSR count). The number of carbonyl (C=O) groups excluding carboxylic acids is 2. The predicted molar refractivity (Wildman–Crippen MR) is 82.6 cm³/mol. The summed E-state index contributed by atoms with van der Waals surface area (Å²) in [5.41, 5.74) is 2.10. The van der Waals surface area contributed by atoms with Crippen molar-refractivity contribution in [1.82, 2.24) is 5.32 Å². The van der Waals surface area contributed by atoms with Gasteiger partial charge in [0.1, 0.15) is 6.42 Å². The van der Waals surface area contributed by atoms with E-state index in [2.05, 4.69) is 10.6 Å². The first-order chi connectivity index (χ1) is 10.9. The molecule has 0 spiro atoms. The zero-order valence-corrected chi connectivity index (χ0v) is 12.5. The van der Waals surface area contributed by atoms with Crippen LogP contribution in [0.15, 0.2) is 42.5 Å². The summed E-state index contributed by atoms with van der Waals surface area (Å²) in [4.78, 5) is 23.4. The molecule has 0 aromatic heterocycles. The van der Waals surface area contributed by atoms with Crippen LogP contribution in [0.3, 0.4) is 0 Å². The molecule has 2 amide bonds. The van der Waals surface area contributed by atoms with E-state index in [4.69, 9.17) is 0 Å². The minimum atomic E-state index is -1.06. The van der Waals surface area contributed by atoms with E-state index < -0.39 is 29.9 Å². The van der Waals surface area contributed by atoms with E-state index in [0.717, 1.165) is 23.3 Å². The smallest absolute Gasteiger partial charge is 0.233 e. The van der Waals surface area contributed by atoms with E-state index >= 15 is 0 Å². The molecule has 0 aliphatic carbocycles. The third-order valence-electron chi connectivity index (χ3n) is 3.10. The van der Waals surface area contributed by atoms with E-state index in [-0.39, 0.29) is 5.69 Å². The fourth-order valence-corrected chi connectivity index (χ4v) is 2.01. The summed E-state index contributed by atoms with van der Waals surface area (Å²) < 4.78 is 25.8. The van der Waals surface area contributed by atoms with Gasteiger partial charge in [0.25, 0.3) is 0 Å². The van der Waals surface area contributed by atoms with Crippen LogP contribution in [-0.2, 0) is 16.1 Å². The second-order valence-electron chi connectivity index (χ2n) is 5.12. The molecule has 0 bridgehead atoms. The molecular formula is C17H16F2N2O2. The summed E-state index contributed by atoms with van der Waals surface area (Å²) in [6.45, 7) is 2.26. The molecule has 0 atom stereocenters. The fourth-order valence-electron chi connectivity index (χ4n) is 2.01. The maximum Gasteiger partial charge on any atom is 0.233 e. The third kappa shape index (κ3) is 5.18. The maximum absolute atomic E-state index is 13.0. The molecule has 0 fully saturated rings. The lowest BCUT2D eigenvalue weighted by Crippen LogP contribution is -2.27. The van der Waals surface area contributed by atoms with Gasteiger partial charge in [0.05, 0.1) is 0 Å². The van der Waals surface area contributed by atoms with Crippen molar-refractivity contribution < 1.29 is 18.4 Å². The standard InChI is InChI=1S/C17H16F2N2O2/c1-11-3-2-4-12(7-11)10-20-16(22)9-17(23)21-13-5-6-14(18)15(19)8-13/h2-8H,9-10H2,1H3,(H,20,22)(H,21,23). The van der Waals surface area contributed by atoms with E-state index in [9.17, 15) is 18.4 Å². The molecule has 0 aliphatic heterocycles. The Morgan fingerprint density at radius 1 is 1.00 bits per heavy atom. The number of hydrogen-bond acceptors (Lipinski definition) is 2. The maximum atomic E-state index is 13.0. The lowest BCUT2D eigenvalue weighted by atomic mass is 10.1. The van der Waals surface area contributed by atoms with Crippen molar-refractivity contribution in [3.63, 3.8) is 0 Å². The lowest BCUT2D eigenvalue weighted by molar-refractivity contribution is -0.126. The van der Waals surface area contributed by atoms with Gasteiger partial charge in [0.15, 0.2) is 11.6 Å². The first-order valence-electron chi connectivity index (χ1n) is 7.01. The normalized spacial score (nSPS) is 10.2. The Morgan fingerprint density at radius 2 is 1.78 bits per heavy atom. The molecular weight excluding hydrogens is 302 g/mol. The summed E-state index contributed by atoms with van der Waals surface area (Å²) in [6, 6.07) is 10.6. The largest absolute Gasteiger partial charge is 0.352 e. The van der Waals surface area contributed by atoms with Gasteiger partial charge in [-0.2, -0.15) is 0 Å². The third-order valence-corrected chi connectivity index (χ3v) is 3.10. The molecule has 0 aliphatic rings.